The molecule has 1 heterocycles. The van der Waals surface area contributed by atoms with Crippen LogP contribution >= 0.6 is 27.5 Å². The van der Waals surface area contributed by atoms with Gasteiger partial charge >= 0.3 is 0 Å². The van der Waals surface area contributed by atoms with E-state index in [0.717, 1.165) is 4.60 Å². The van der Waals surface area contributed by atoms with E-state index in [0.29, 0.717) is 10.9 Å². The van der Waals surface area contributed by atoms with Gasteiger partial charge in [0.15, 0.2) is 0 Å². The van der Waals surface area contributed by atoms with E-state index >= 15 is 0 Å². The summed E-state index contributed by atoms with van der Waals surface area (Å²) in [5.41, 5.74) is -0.280. The Hall–Kier alpha value is -0.280. The molecule has 72 valence electrons. The SMILES string of the molecule is CC(C)(C)Oc1nc(Br)ccc1Cl. The molecule has 0 amide bonds. The normalized spacial score (nSPS) is 11.5. The Balaban J connectivity index is 2.94. The summed E-state index contributed by atoms with van der Waals surface area (Å²) in [6.45, 7) is 5.85. The van der Waals surface area contributed by atoms with Gasteiger partial charge in [-0.2, -0.15) is 0 Å². The average Bonchev–Trinajstić information content (AvgIpc) is 1.94. The highest BCUT2D eigenvalue weighted by Crippen LogP contribution is 2.26. The van der Waals surface area contributed by atoms with E-state index in [1.807, 2.05) is 20.8 Å². The molecule has 0 aliphatic rings. The van der Waals surface area contributed by atoms with Crippen LogP contribution in [0.15, 0.2) is 16.7 Å². The molecule has 0 aliphatic carbocycles. The van der Waals surface area contributed by atoms with Crippen molar-refractivity contribution in [3.63, 3.8) is 0 Å². The highest BCUT2D eigenvalue weighted by Gasteiger charge is 2.15. The summed E-state index contributed by atoms with van der Waals surface area (Å²) >= 11 is 9.15. The van der Waals surface area contributed by atoms with E-state index in [1.54, 1.807) is 12.1 Å². The van der Waals surface area contributed by atoms with Gasteiger partial charge in [0.1, 0.15) is 15.2 Å². The van der Waals surface area contributed by atoms with Crippen LogP contribution in [0.4, 0.5) is 0 Å². The number of ether oxygens (including phenoxy) is 1. The van der Waals surface area contributed by atoms with Crippen molar-refractivity contribution in [1.82, 2.24) is 4.98 Å². The van der Waals surface area contributed by atoms with E-state index in [1.165, 1.54) is 0 Å². The van der Waals surface area contributed by atoms with Gasteiger partial charge in [0.25, 0.3) is 0 Å². The van der Waals surface area contributed by atoms with Gasteiger partial charge in [0.05, 0.1) is 0 Å². The number of pyridine rings is 1. The quantitative estimate of drug-likeness (QED) is 0.722. The fourth-order valence-corrected chi connectivity index (χ4v) is 1.20. The summed E-state index contributed by atoms with van der Waals surface area (Å²) in [7, 11) is 0. The first kappa shape index (κ1) is 10.8. The summed E-state index contributed by atoms with van der Waals surface area (Å²) in [5, 5.41) is 0.526. The van der Waals surface area contributed by atoms with Crippen molar-refractivity contribution in [2.75, 3.05) is 0 Å². The maximum absolute atomic E-state index is 5.89. The molecule has 0 aliphatic heterocycles. The molecule has 0 saturated carbocycles. The van der Waals surface area contributed by atoms with Crippen LogP contribution in [0.25, 0.3) is 0 Å². The summed E-state index contributed by atoms with van der Waals surface area (Å²) in [5.74, 6) is 0.462. The van der Waals surface area contributed by atoms with Crippen molar-refractivity contribution in [1.29, 1.82) is 0 Å². The van der Waals surface area contributed by atoms with Crippen molar-refractivity contribution in [2.24, 2.45) is 0 Å². The number of hydrogen-bond acceptors (Lipinski definition) is 2. The Labute approximate surface area is 91.4 Å². The first-order valence-corrected chi connectivity index (χ1v) is 5.07. The van der Waals surface area contributed by atoms with E-state index < -0.39 is 0 Å². The minimum atomic E-state index is -0.280. The lowest BCUT2D eigenvalue weighted by Crippen LogP contribution is -2.23. The zero-order chi connectivity index (χ0) is 10.1. The number of aromatic nitrogens is 1. The molecule has 0 bridgehead atoms. The Kier molecular flexibility index (Phi) is 3.19. The first-order valence-electron chi connectivity index (χ1n) is 3.89. The second kappa shape index (κ2) is 3.84. The minimum absolute atomic E-state index is 0.280. The molecule has 13 heavy (non-hydrogen) atoms. The van der Waals surface area contributed by atoms with Crippen LogP contribution < -0.4 is 4.74 Å². The van der Waals surface area contributed by atoms with Gasteiger partial charge in [0.2, 0.25) is 5.88 Å². The molecular weight excluding hydrogens is 253 g/mol. The second-order valence-corrected chi connectivity index (χ2v) is 4.86. The highest BCUT2D eigenvalue weighted by atomic mass is 79.9. The zero-order valence-electron chi connectivity index (χ0n) is 7.77. The van der Waals surface area contributed by atoms with Crippen molar-refractivity contribution in [3.05, 3.63) is 21.8 Å². The maximum Gasteiger partial charge on any atom is 0.234 e. The number of nitrogens with zero attached hydrogens (tertiary/aromatic N) is 1. The topological polar surface area (TPSA) is 22.1 Å². The predicted molar refractivity (Wildman–Crippen MR) is 57.3 cm³/mol. The van der Waals surface area contributed by atoms with Gasteiger partial charge < -0.3 is 4.74 Å². The molecule has 0 aromatic carbocycles. The lowest BCUT2D eigenvalue weighted by molar-refractivity contribution is 0.124. The molecule has 2 nitrogen and oxygen atoms in total. The van der Waals surface area contributed by atoms with E-state index in [2.05, 4.69) is 20.9 Å². The number of rotatable bonds is 1. The Morgan fingerprint density at radius 3 is 2.54 bits per heavy atom. The summed E-state index contributed by atoms with van der Waals surface area (Å²) in [6, 6.07) is 3.53. The maximum atomic E-state index is 5.89. The highest BCUT2D eigenvalue weighted by molar-refractivity contribution is 9.10. The molecule has 1 aromatic heterocycles. The predicted octanol–water partition coefficient (Wildman–Crippen LogP) is 3.67. The average molecular weight is 265 g/mol. The minimum Gasteiger partial charge on any atom is -0.471 e. The molecular formula is C9H11BrClNO. The Bertz CT molecular complexity index is 309. The van der Waals surface area contributed by atoms with Gasteiger partial charge in [-0.25, -0.2) is 4.98 Å². The van der Waals surface area contributed by atoms with Crippen LogP contribution in [-0.2, 0) is 0 Å². The molecule has 0 unspecified atom stereocenters. The van der Waals surface area contributed by atoms with Crippen LogP contribution in [0.2, 0.25) is 5.02 Å². The monoisotopic (exact) mass is 263 g/mol. The van der Waals surface area contributed by atoms with Crippen molar-refractivity contribution in [2.45, 2.75) is 26.4 Å². The molecule has 0 spiro atoms. The molecule has 0 fully saturated rings. The Morgan fingerprint density at radius 2 is 2.00 bits per heavy atom. The van der Waals surface area contributed by atoms with Crippen LogP contribution in [0.5, 0.6) is 5.88 Å². The number of halogens is 2. The largest absolute Gasteiger partial charge is 0.471 e. The molecule has 0 saturated heterocycles. The molecule has 0 N–H and O–H groups in total. The smallest absolute Gasteiger partial charge is 0.234 e. The first-order chi connectivity index (χ1) is 5.88. The van der Waals surface area contributed by atoms with Crippen LogP contribution in [-0.4, -0.2) is 10.6 Å². The third kappa shape index (κ3) is 3.53. The molecule has 0 atom stereocenters. The van der Waals surface area contributed by atoms with Gasteiger partial charge in [0, 0.05) is 0 Å². The number of hydrogen-bond donors (Lipinski definition) is 0. The summed E-state index contributed by atoms with van der Waals surface area (Å²) < 4.78 is 6.26. The molecule has 1 rings (SSSR count). The van der Waals surface area contributed by atoms with Crippen LogP contribution in [0, 0.1) is 0 Å². The lowest BCUT2D eigenvalue weighted by atomic mass is 10.2. The van der Waals surface area contributed by atoms with Gasteiger partial charge in [-0.1, -0.05) is 11.6 Å². The van der Waals surface area contributed by atoms with E-state index in [-0.39, 0.29) is 5.60 Å². The van der Waals surface area contributed by atoms with E-state index in [4.69, 9.17) is 16.3 Å². The van der Waals surface area contributed by atoms with Gasteiger partial charge in [-0.05, 0) is 48.8 Å². The third-order valence-corrected chi connectivity index (χ3v) is 1.91. The molecule has 1 aromatic rings. The zero-order valence-corrected chi connectivity index (χ0v) is 10.1. The van der Waals surface area contributed by atoms with Gasteiger partial charge in [-0.15, -0.1) is 0 Å². The van der Waals surface area contributed by atoms with Crippen LogP contribution in [0.1, 0.15) is 20.8 Å². The lowest BCUT2D eigenvalue weighted by Gasteiger charge is -2.20. The standard InChI is InChI=1S/C9H11BrClNO/c1-9(2,3)13-8-6(11)4-5-7(10)12-8/h4-5H,1-3H3. The fraction of sp³-hybridized carbons (Fsp3) is 0.444. The Morgan fingerprint density at radius 1 is 1.38 bits per heavy atom. The third-order valence-electron chi connectivity index (χ3n) is 1.18. The molecule has 4 heteroatoms. The van der Waals surface area contributed by atoms with E-state index in [9.17, 15) is 0 Å². The molecule has 0 radical (unpaired) electrons. The van der Waals surface area contributed by atoms with Crippen molar-refractivity contribution in [3.8, 4) is 5.88 Å². The van der Waals surface area contributed by atoms with Crippen LogP contribution in [0.3, 0.4) is 0 Å². The second-order valence-electron chi connectivity index (χ2n) is 3.64. The van der Waals surface area contributed by atoms with Gasteiger partial charge in [-0.3, -0.25) is 0 Å². The van der Waals surface area contributed by atoms with Crippen molar-refractivity contribution >= 4 is 27.5 Å². The fourth-order valence-electron chi connectivity index (χ4n) is 0.762. The van der Waals surface area contributed by atoms with Crippen molar-refractivity contribution < 1.29 is 4.74 Å². The summed E-state index contributed by atoms with van der Waals surface area (Å²) in [6.07, 6.45) is 0. The summed E-state index contributed by atoms with van der Waals surface area (Å²) in [4.78, 5) is 4.12.